The van der Waals surface area contributed by atoms with E-state index in [9.17, 15) is 24.3 Å². The second-order valence-corrected chi connectivity index (χ2v) is 12.8. The normalized spacial score (nSPS) is 14.7. The third kappa shape index (κ3) is 6.74. The molecule has 0 fully saturated rings. The molecule has 4 rings (SSSR count). The number of thioether (sulfide) groups is 1. The number of carboxylic acids is 1. The molecule has 210 valence electrons. The maximum Gasteiger partial charge on any atom is 0.341 e. The van der Waals surface area contributed by atoms with Crippen molar-refractivity contribution in [3.63, 3.8) is 0 Å². The highest BCUT2D eigenvalue weighted by atomic mass is 32.2. The first-order valence-electron chi connectivity index (χ1n) is 12.9. The fraction of sp³-hybridized carbons (Fsp3) is 0.333. The van der Waals surface area contributed by atoms with Crippen molar-refractivity contribution in [2.45, 2.75) is 44.9 Å². The predicted molar refractivity (Wildman–Crippen MR) is 158 cm³/mol. The Balaban J connectivity index is 1.43. The summed E-state index contributed by atoms with van der Waals surface area (Å²) in [4.78, 5) is 51.6. The van der Waals surface area contributed by atoms with E-state index in [2.05, 4.69) is 31.4 Å². The number of methoxy groups -OCH3 is 1. The summed E-state index contributed by atoms with van der Waals surface area (Å²) < 4.78 is 5.05. The molecule has 3 N–H and O–H groups in total. The number of anilines is 2. The summed E-state index contributed by atoms with van der Waals surface area (Å²) in [6.07, 6.45) is 2.63. The minimum atomic E-state index is -1.18. The number of rotatable bonds is 8. The Labute approximate surface area is 241 Å². The van der Waals surface area contributed by atoms with Gasteiger partial charge in [0.05, 0.1) is 29.6 Å². The first kappa shape index (κ1) is 29.4. The van der Waals surface area contributed by atoms with Crippen molar-refractivity contribution in [1.82, 2.24) is 0 Å². The van der Waals surface area contributed by atoms with Crippen LogP contribution in [0.2, 0.25) is 0 Å². The summed E-state index contributed by atoms with van der Waals surface area (Å²) in [5.74, 6) is -1.84. The van der Waals surface area contributed by atoms with Gasteiger partial charge in [-0.2, -0.15) is 0 Å². The largest absolute Gasteiger partial charge is 0.478 e. The Morgan fingerprint density at radius 1 is 1.05 bits per heavy atom. The maximum absolute atomic E-state index is 12.9. The third-order valence-electron chi connectivity index (χ3n) is 7.00. The zero-order chi connectivity index (χ0) is 29.0. The standard InChI is InChI=1S/C30H32N2O6S2/c1-30(2,3)17-12-13-22-23(14-17)40-27(25(22)29(37)38-4)32-24(33)16-39-19-9-7-8-18(15-19)31-26(34)20-10-5-6-11-21(20)28(35)36/h5-11,15,17H,12-14,16H2,1-4H3,(H,31,34)(H,32,33)(H,35,36). The number of carboxylic acid groups (broad SMARTS) is 1. The van der Waals surface area contributed by atoms with Gasteiger partial charge in [-0.05, 0) is 66.5 Å². The van der Waals surface area contributed by atoms with Crippen molar-refractivity contribution >= 4 is 57.5 Å². The molecule has 1 heterocycles. The van der Waals surface area contributed by atoms with Gasteiger partial charge in [0.1, 0.15) is 5.00 Å². The molecule has 0 bridgehead atoms. The highest BCUT2D eigenvalue weighted by molar-refractivity contribution is 8.00. The van der Waals surface area contributed by atoms with Gasteiger partial charge in [0.25, 0.3) is 5.91 Å². The summed E-state index contributed by atoms with van der Waals surface area (Å²) in [6, 6.07) is 13.0. The van der Waals surface area contributed by atoms with Crippen LogP contribution in [0.4, 0.5) is 10.7 Å². The molecule has 8 nitrogen and oxygen atoms in total. The number of carbonyl (C=O) groups excluding carboxylic acids is 3. The van der Waals surface area contributed by atoms with Crippen LogP contribution in [0.1, 0.15) is 68.7 Å². The molecule has 0 saturated carbocycles. The summed E-state index contributed by atoms with van der Waals surface area (Å²) in [5, 5.41) is 15.5. The number of nitrogens with one attached hydrogen (secondary N) is 2. The topological polar surface area (TPSA) is 122 Å². The van der Waals surface area contributed by atoms with Crippen molar-refractivity contribution in [3.8, 4) is 0 Å². The van der Waals surface area contributed by atoms with E-state index in [-0.39, 0.29) is 28.2 Å². The van der Waals surface area contributed by atoms with Gasteiger partial charge >= 0.3 is 11.9 Å². The molecule has 0 radical (unpaired) electrons. The molecule has 2 amide bonds. The fourth-order valence-corrected chi connectivity index (χ4v) is 6.86. The first-order chi connectivity index (χ1) is 19.0. The van der Waals surface area contributed by atoms with Crippen molar-refractivity contribution in [3.05, 3.63) is 75.7 Å². The molecule has 0 saturated heterocycles. The molecule has 1 aliphatic rings. The van der Waals surface area contributed by atoms with E-state index < -0.39 is 17.8 Å². The Bertz CT molecular complexity index is 1460. The smallest absolute Gasteiger partial charge is 0.341 e. The van der Waals surface area contributed by atoms with Crippen LogP contribution in [0.15, 0.2) is 53.4 Å². The first-order valence-corrected chi connectivity index (χ1v) is 14.7. The molecule has 0 spiro atoms. The molecule has 3 aromatic rings. The zero-order valence-electron chi connectivity index (χ0n) is 22.8. The van der Waals surface area contributed by atoms with E-state index in [1.807, 2.05) is 6.07 Å². The number of thiophene rings is 1. The van der Waals surface area contributed by atoms with E-state index in [0.717, 1.165) is 34.6 Å². The van der Waals surface area contributed by atoms with Gasteiger partial charge in [0, 0.05) is 15.5 Å². The van der Waals surface area contributed by atoms with E-state index >= 15 is 0 Å². The number of hydrogen-bond acceptors (Lipinski definition) is 7. The molecule has 1 aromatic heterocycles. The molecule has 1 atom stereocenters. The van der Waals surface area contributed by atoms with Gasteiger partial charge in [-0.15, -0.1) is 23.1 Å². The van der Waals surface area contributed by atoms with Crippen molar-refractivity contribution < 1.29 is 29.0 Å². The summed E-state index contributed by atoms with van der Waals surface area (Å²) in [6.45, 7) is 6.69. The van der Waals surface area contributed by atoms with Crippen molar-refractivity contribution in [2.24, 2.45) is 11.3 Å². The van der Waals surface area contributed by atoms with E-state index in [1.54, 1.807) is 30.3 Å². The number of amides is 2. The number of hydrogen-bond donors (Lipinski definition) is 3. The van der Waals surface area contributed by atoms with Crippen molar-refractivity contribution in [1.29, 1.82) is 0 Å². The van der Waals surface area contributed by atoms with Gasteiger partial charge in [-0.1, -0.05) is 39.0 Å². The average Bonchev–Trinajstić information content (AvgIpc) is 3.28. The third-order valence-corrected chi connectivity index (χ3v) is 9.16. The van der Waals surface area contributed by atoms with Crippen LogP contribution in [0.5, 0.6) is 0 Å². The quantitative estimate of drug-likeness (QED) is 0.209. The minimum absolute atomic E-state index is 0.0568. The highest BCUT2D eigenvalue weighted by Crippen LogP contribution is 2.44. The Morgan fingerprint density at radius 2 is 1.77 bits per heavy atom. The molecule has 0 aliphatic heterocycles. The van der Waals surface area contributed by atoms with Gasteiger partial charge in [-0.25, -0.2) is 9.59 Å². The number of carbonyl (C=O) groups is 4. The lowest BCUT2D eigenvalue weighted by atomic mass is 9.72. The Kier molecular flexibility index (Phi) is 9.00. The second kappa shape index (κ2) is 12.3. The van der Waals surface area contributed by atoms with Crippen LogP contribution in [0, 0.1) is 11.3 Å². The Morgan fingerprint density at radius 3 is 2.45 bits per heavy atom. The van der Waals surface area contributed by atoms with Crippen LogP contribution >= 0.6 is 23.1 Å². The van der Waals surface area contributed by atoms with Crippen LogP contribution in [0.25, 0.3) is 0 Å². The fourth-order valence-electron chi connectivity index (χ4n) is 4.77. The van der Waals surface area contributed by atoms with Crippen LogP contribution in [-0.4, -0.2) is 41.7 Å². The number of aromatic carboxylic acids is 1. The van der Waals surface area contributed by atoms with E-state index in [0.29, 0.717) is 22.2 Å². The van der Waals surface area contributed by atoms with Gasteiger partial charge in [0.15, 0.2) is 0 Å². The molecule has 10 heteroatoms. The highest BCUT2D eigenvalue weighted by Gasteiger charge is 2.34. The lowest BCUT2D eigenvalue weighted by Gasteiger charge is -2.33. The second-order valence-electron chi connectivity index (χ2n) is 10.7. The minimum Gasteiger partial charge on any atom is -0.478 e. The summed E-state index contributed by atoms with van der Waals surface area (Å²) in [5.41, 5.74) is 2.04. The number of ether oxygens (including phenoxy) is 1. The number of esters is 1. The number of benzene rings is 2. The van der Waals surface area contributed by atoms with Gasteiger partial charge in [-0.3, -0.25) is 9.59 Å². The van der Waals surface area contributed by atoms with E-state index in [4.69, 9.17) is 4.74 Å². The molecule has 40 heavy (non-hydrogen) atoms. The summed E-state index contributed by atoms with van der Waals surface area (Å²) in [7, 11) is 1.35. The van der Waals surface area contributed by atoms with Gasteiger partial charge in [0.2, 0.25) is 5.91 Å². The SMILES string of the molecule is COC(=O)c1c(NC(=O)CSc2cccc(NC(=O)c3ccccc3C(=O)O)c2)sc2c1CCC(C(C)(C)C)C2. The zero-order valence-corrected chi connectivity index (χ0v) is 24.5. The summed E-state index contributed by atoms with van der Waals surface area (Å²) >= 11 is 2.74. The monoisotopic (exact) mass is 580 g/mol. The predicted octanol–water partition coefficient (Wildman–Crippen LogP) is 6.37. The van der Waals surface area contributed by atoms with Gasteiger partial charge < -0.3 is 20.5 Å². The molecular formula is C30H32N2O6S2. The average molecular weight is 581 g/mol. The van der Waals surface area contributed by atoms with Crippen LogP contribution in [-0.2, 0) is 22.4 Å². The molecule has 2 aromatic carbocycles. The lowest BCUT2D eigenvalue weighted by molar-refractivity contribution is -0.113. The molecule has 1 aliphatic carbocycles. The van der Waals surface area contributed by atoms with Crippen LogP contribution < -0.4 is 10.6 Å². The van der Waals surface area contributed by atoms with Crippen LogP contribution in [0.3, 0.4) is 0 Å². The Hall–Kier alpha value is -3.63. The lowest BCUT2D eigenvalue weighted by Crippen LogP contribution is -2.26. The van der Waals surface area contributed by atoms with Crippen molar-refractivity contribution in [2.75, 3.05) is 23.5 Å². The number of fused-ring (bicyclic) bond motifs is 1. The molecular weight excluding hydrogens is 548 g/mol. The maximum atomic E-state index is 12.9. The van der Waals surface area contributed by atoms with E-state index in [1.165, 1.54) is 42.3 Å². The molecule has 1 unspecified atom stereocenters.